The summed E-state index contributed by atoms with van der Waals surface area (Å²) in [5, 5.41) is 6.73. The number of carbonyl (C=O) groups excluding carboxylic acids is 4. The second-order valence-corrected chi connectivity index (χ2v) is 14.9. The third kappa shape index (κ3) is 11.7. The van der Waals surface area contributed by atoms with Crippen LogP contribution < -0.4 is 20.7 Å². The normalized spacial score (nSPS) is 13.2. The molecular formula is C40H48N3O9P. The van der Waals surface area contributed by atoms with Crippen molar-refractivity contribution in [3.8, 4) is 17.1 Å². The Labute approximate surface area is 310 Å². The SMILES string of the molecule is CCCCC[C@@H](C(=O)NCNC(=O)c1ccc(-c2cc(OCC)cc(P(C)(=O)OCc3ccccc3)c2)o1)[C@@H](CC)N(C=O)OC(=O)c1ccccc1. The van der Waals surface area contributed by atoms with Gasteiger partial charge in [0.2, 0.25) is 19.7 Å². The zero-order valence-corrected chi connectivity index (χ0v) is 31.5. The summed E-state index contributed by atoms with van der Waals surface area (Å²) in [6.07, 6.45) is 3.69. The first kappa shape index (κ1) is 40.6. The fourth-order valence-corrected chi connectivity index (χ4v) is 7.03. The maximum atomic E-state index is 13.7. The van der Waals surface area contributed by atoms with Gasteiger partial charge in [0.1, 0.15) is 11.5 Å². The van der Waals surface area contributed by atoms with Crippen molar-refractivity contribution in [3.05, 3.63) is 108 Å². The third-order valence-electron chi connectivity index (χ3n) is 8.58. The van der Waals surface area contributed by atoms with Crippen molar-refractivity contribution >= 4 is 36.9 Å². The summed E-state index contributed by atoms with van der Waals surface area (Å²) in [4.78, 5) is 56.9. The lowest BCUT2D eigenvalue weighted by atomic mass is 9.90. The Morgan fingerprint density at radius 1 is 0.906 bits per heavy atom. The van der Waals surface area contributed by atoms with E-state index in [0.29, 0.717) is 54.7 Å². The lowest BCUT2D eigenvalue weighted by molar-refractivity contribution is -0.171. The molecule has 0 fully saturated rings. The molecule has 1 unspecified atom stereocenters. The van der Waals surface area contributed by atoms with Crippen LogP contribution in [0.3, 0.4) is 0 Å². The number of nitrogens with zero attached hydrogens (tertiary/aromatic N) is 1. The van der Waals surface area contributed by atoms with E-state index >= 15 is 0 Å². The standard InChI is InChI=1S/C40H48N3O9P/c1-5-8-11-20-34(35(6-2)43(28-44)52-40(47)30-18-14-10-15-19-30)38(45)41-27-42-39(46)37-22-21-36(51-37)31-23-32(49-7-3)25-33(24-31)53(4,48)50-26-29-16-12-9-13-17-29/h9-10,12-19,21-25,28,34-35H,5-8,11,20,26-27H2,1-4H3,(H,41,45)(H,42,46)/t34-,35-,53?/m1/s1. The summed E-state index contributed by atoms with van der Waals surface area (Å²) < 4.78 is 31.2. The van der Waals surface area contributed by atoms with Crippen molar-refractivity contribution in [1.82, 2.24) is 15.7 Å². The summed E-state index contributed by atoms with van der Waals surface area (Å²) in [5.74, 6) is -1.62. The van der Waals surface area contributed by atoms with Crippen molar-refractivity contribution in [1.29, 1.82) is 0 Å². The molecule has 0 bridgehead atoms. The summed E-state index contributed by atoms with van der Waals surface area (Å²) in [5.41, 5.74) is 1.70. The molecule has 53 heavy (non-hydrogen) atoms. The first-order valence-electron chi connectivity index (χ1n) is 17.8. The van der Waals surface area contributed by atoms with Crippen LogP contribution in [0.1, 0.15) is 79.4 Å². The van der Waals surface area contributed by atoms with E-state index in [2.05, 4.69) is 10.6 Å². The Morgan fingerprint density at radius 3 is 2.28 bits per heavy atom. The number of furan rings is 1. The summed E-state index contributed by atoms with van der Waals surface area (Å²) in [7, 11) is -3.29. The molecule has 3 amide bonds. The van der Waals surface area contributed by atoms with E-state index in [9.17, 15) is 23.7 Å². The number of nitrogens with one attached hydrogen (secondary N) is 2. The van der Waals surface area contributed by atoms with Crippen molar-refractivity contribution in [2.45, 2.75) is 65.5 Å². The van der Waals surface area contributed by atoms with Gasteiger partial charge < -0.3 is 29.1 Å². The lowest BCUT2D eigenvalue weighted by Gasteiger charge is -2.31. The van der Waals surface area contributed by atoms with Gasteiger partial charge in [-0.05, 0) is 67.8 Å². The molecule has 12 nitrogen and oxygen atoms in total. The van der Waals surface area contributed by atoms with Crippen LogP contribution in [0.2, 0.25) is 0 Å². The number of benzene rings is 3. The third-order valence-corrected chi connectivity index (χ3v) is 10.4. The number of hydroxylamine groups is 2. The van der Waals surface area contributed by atoms with Crippen LogP contribution in [0.25, 0.3) is 11.3 Å². The molecule has 282 valence electrons. The van der Waals surface area contributed by atoms with E-state index in [1.807, 2.05) is 44.2 Å². The number of unbranched alkanes of at least 4 members (excludes halogenated alkanes) is 2. The molecule has 2 N–H and O–H groups in total. The van der Waals surface area contributed by atoms with Gasteiger partial charge in [-0.25, -0.2) is 4.79 Å². The number of amides is 3. The van der Waals surface area contributed by atoms with Crippen LogP contribution in [0, 0.1) is 5.92 Å². The van der Waals surface area contributed by atoms with E-state index in [0.717, 1.165) is 23.5 Å². The van der Waals surface area contributed by atoms with Crippen LogP contribution in [-0.2, 0) is 30.1 Å². The Hall–Kier alpha value is -5.19. The number of carbonyl (C=O) groups is 4. The van der Waals surface area contributed by atoms with E-state index in [1.165, 1.54) is 6.07 Å². The summed E-state index contributed by atoms with van der Waals surface area (Å²) in [6, 6.07) is 25.2. The molecule has 0 radical (unpaired) electrons. The smallest absolute Gasteiger partial charge is 0.363 e. The Balaban J connectivity index is 1.42. The molecule has 3 aromatic carbocycles. The number of hydrogen-bond acceptors (Lipinski definition) is 9. The van der Waals surface area contributed by atoms with Gasteiger partial charge in [-0.2, -0.15) is 5.06 Å². The van der Waals surface area contributed by atoms with Crippen LogP contribution >= 0.6 is 7.37 Å². The quantitative estimate of drug-likeness (QED) is 0.0299. The van der Waals surface area contributed by atoms with Gasteiger partial charge in [0.05, 0.1) is 37.4 Å². The lowest BCUT2D eigenvalue weighted by Crippen LogP contribution is -2.49. The Morgan fingerprint density at radius 2 is 1.62 bits per heavy atom. The van der Waals surface area contributed by atoms with Crippen LogP contribution in [-0.4, -0.2) is 55.2 Å². The van der Waals surface area contributed by atoms with E-state index in [-0.39, 0.29) is 24.6 Å². The highest BCUT2D eigenvalue weighted by Gasteiger charge is 2.33. The monoisotopic (exact) mass is 745 g/mol. The van der Waals surface area contributed by atoms with Crippen molar-refractivity contribution in [2.24, 2.45) is 5.92 Å². The maximum absolute atomic E-state index is 13.7. The van der Waals surface area contributed by atoms with Gasteiger partial charge in [0, 0.05) is 17.5 Å². The molecule has 13 heteroatoms. The molecular weight excluding hydrogens is 697 g/mol. The van der Waals surface area contributed by atoms with E-state index in [1.54, 1.807) is 68.2 Å². The Bertz CT molecular complexity index is 1850. The van der Waals surface area contributed by atoms with E-state index in [4.69, 9.17) is 18.5 Å². The first-order valence-corrected chi connectivity index (χ1v) is 19.9. The van der Waals surface area contributed by atoms with Crippen molar-refractivity contribution in [3.63, 3.8) is 0 Å². The highest BCUT2D eigenvalue weighted by atomic mass is 31.2. The van der Waals surface area contributed by atoms with E-state index < -0.39 is 37.1 Å². The molecule has 4 aromatic rings. The molecule has 4 rings (SSSR count). The van der Waals surface area contributed by atoms with Crippen molar-refractivity contribution < 1.29 is 42.3 Å². The topological polar surface area (TPSA) is 153 Å². The largest absolute Gasteiger partial charge is 0.494 e. The fourth-order valence-electron chi connectivity index (χ4n) is 5.75. The van der Waals surface area contributed by atoms with Gasteiger partial charge >= 0.3 is 5.97 Å². The Kier molecular flexibility index (Phi) is 15.4. The molecule has 0 aliphatic carbocycles. The first-order chi connectivity index (χ1) is 25.6. The number of ether oxygens (including phenoxy) is 1. The van der Waals surface area contributed by atoms with Crippen molar-refractivity contribution in [2.75, 3.05) is 19.9 Å². The van der Waals surface area contributed by atoms with Gasteiger partial charge in [0.15, 0.2) is 5.76 Å². The molecule has 3 atom stereocenters. The average Bonchev–Trinajstić information content (AvgIpc) is 3.68. The van der Waals surface area contributed by atoms with Gasteiger partial charge in [-0.15, -0.1) is 0 Å². The number of hydrogen-bond donors (Lipinski definition) is 2. The zero-order chi connectivity index (χ0) is 38.2. The minimum Gasteiger partial charge on any atom is -0.494 e. The molecule has 0 aliphatic rings. The second-order valence-electron chi connectivity index (χ2n) is 12.4. The molecule has 1 heterocycles. The van der Waals surface area contributed by atoms with Gasteiger partial charge in [0.25, 0.3) is 5.91 Å². The molecule has 0 saturated carbocycles. The van der Waals surface area contributed by atoms with Crippen LogP contribution in [0.5, 0.6) is 5.75 Å². The predicted octanol–water partition coefficient (Wildman–Crippen LogP) is 7.10. The van der Waals surface area contributed by atoms with Gasteiger partial charge in [-0.1, -0.05) is 81.6 Å². The number of rotatable bonds is 21. The van der Waals surface area contributed by atoms with Crippen LogP contribution in [0.4, 0.5) is 0 Å². The highest BCUT2D eigenvalue weighted by molar-refractivity contribution is 7.66. The molecule has 1 aromatic heterocycles. The summed E-state index contributed by atoms with van der Waals surface area (Å²) in [6.45, 7) is 7.56. The van der Waals surface area contributed by atoms with Crippen LogP contribution in [0.15, 0.2) is 95.4 Å². The molecule has 0 aliphatic heterocycles. The second kappa shape index (κ2) is 20.2. The minimum absolute atomic E-state index is 0.0106. The average molecular weight is 746 g/mol. The minimum atomic E-state index is -3.29. The molecule has 0 saturated heterocycles. The summed E-state index contributed by atoms with van der Waals surface area (Å²) >= 11 is 0. The van der Waals surface area contributed by atoms with Gasteiger partial charge in [-0.3, -0.25) is 18.9 Å². The zero-order valence-electron chi connectivity index (χ0n) is 30.6. The maximum Gasteiger partial charge on any atom is 0.363 e. The predicted molar refractivity (Wildman–Crippen MR) is 202 cm³/mol. The fraction of sp³-hybridized carbons (Fsp3) is 0.350. The highest BCUT2D eigenvalue weighted by Crippen LogP contribution is 2.44. The molecule has 0 spiro atoms.